The summed E-state index contributed by atoms with van der Waals surface area (Å²) in [4.78, 5) is 2.33. The maximum Gasteiger partial charge on any atom is 0.0426 e. The van der Waals surface area contributed by atoms with Gasteiger partial charge in [-0.3, -0.25) is 4.90 Å². The van der Waals surface area contributed by atoms with Crippen molar-refractivity contribution in [2.24, 2.45) is 0 Å². The highest BCUT2D eigenvalue weighted by molar-refractivity contribution is 5.23. The van der Waals surface area contributed by atoms with Gasteiger partial charge in [-0.2, -0.15) is 0 Å². The molecule has 0 aromatic heterocycles. The van der Waals surface area contributed by atoms with E-state index in [0.717, 1.165) is 0 Å². The minimum Gasteiger partial charge on any atom is -0.300 e. The molecule has 0 aliphatic carbocycles. The summed E-state index contributed by atoms with van der Waals surface area (Å²) in [6.45, 7) is 4.58. The van der Waals surface area contributed by atoms with Gasteiger partial charge in [-0.05, 0) is 33.0 Å². The van der Waals surface area contributed by atoms with Crippen LogP contribution in [-0.2, 0) is 5.54 Å². The molecule has 0 amide bonds. The van der Waals surface area contributed by atoms with Crippen molar-refractivity contribution >= 4 is 0 Å². The summed E-state index contributed by atoms with van der Waals surface area (Å²) in [5, 5.41) is 0. The zero-order chi connectivity index (χ0) is 11.3. The molecule has 1 unspecified atom stereocenters. The molecule has 0 fully saturated rings. The van der Waals surface area contributed by atoms with Crippen molar-refractivity contribution in [2.75, 3.05) is 14.1 Å². The van der Waals surface area contributed by atoms with Crippen molar-refractivity contribution < 1.29 is 0 Å². The van der Waals surface area contributed by atoms with Gasteiger partial charge < -0.3 is 0 Å². The minimum atomic E-state index is 0.178. The Kier molecular flexibility index (Phi) is 4.34. The van der Waals surface area contributed by atoms with Gasteiger partial charge in [-0.15, -0.1) is 0 Å². The lowest BCUT2D eigenvalue weighted by Crippen LogP contribution is -2.38. The van der Waals surface area contributed by atoms with Crippen LogP contribution in [0.15, 0.2) is 30.3 Å². The van der Waals surface area contributed by atoms with Gasteiger partial charge in [0.25, 0.3) is 0 Å². The number of rotatable bonds is 5. The molecule has 0 saturated carbocycles. The second-order valence-electron chi connectivity index (χ2n) is 4.64. The zero-order valence-corrected chi connectivity index (χ0v) is 10.5. The van der Waals surface area contributed by atoms with Crippen molar-refractivity contribution in [2.45, 2.75) is 38.6 Å². The molecule has 0 spiro atoms. The second kappa shape index (κ2) is 5.32. The lowest BCUT2D eigenvalue weighted by molar-refractivity contribution is 0.157. The molecule has 0 heterocycles. The van der Waals surface area contributed by atoms with Gasteiger partial charge >= 0.3 is 0 Å². The molecule has 1 heteroatoms. The third-order valence-electron chi connectivity index (χ3n) is 3.40. The summed E-state index contributed by atoms with van der Waals surface area (Å²) in [6.07, 6.45) is 3.76. The standard InChI is InChI=1S/C14H23N/c1-5-6-12-14(2,15(3)4)13-10-8-7-9-11-13/h7-11H,5-6,12H2,1-4H3. The fourth-order valence-corrected chi connectivity index (χ4v) is 1.94. The molecule has 0 saturated heterocycles. The van der Waals surface area contributed by atoms with Gasteiger partial charge in [0.2, 0.25) is 0 Å². The van der Waals surface area contributed by atoms with Crippen LogP contribution in [0.2, 0.25) is 0 Å². The number of nitrogens with zero attached hydrogens (tertiary/aromatic N) is 1. The van der Waals surface area contributed by atoms with Crippen molar-refractivity contribution in [1.29, 1.82) is 0 Å². The van der Waals surface area contributed by atoms with Crippen LogP contribution >= 0.6 is 0 Å². The average molecular weight is 205 g/mol. The predicted octanol–water partition coefficient (Wildman–Crippen LogP) is 3.65. The largest absolute Gasteiger partial charge is 0.300 e. The Hall–Kier alpha value is -0.820. The molecule has 0 aliphatic rings. The highest BCUT2D eigenvalue weighted by atomic mass is 15.1. The highest BCUT2D eigenvalue weighted by Gasteiger charge is 2.27. The van der Waals surface area contributed by atoms with Gasteiger partial charge in [0.15, 0.2) is 0 Å². The molecule has 15 heavy (non-hydrogen) atoms. The van der Waals surface area contributed by atoms with Crippen LogP contribution < -0.4 is 0 Å². The Labute approximate surface area is 94.1 Å². The lowest BCUT2D eigenvalue weighted by atomic mass is 9.86. The second-order valence-corrected chi connectivity index (χ2v) is 4.64. The number of benzene rings is 1. The fraction of sp³-hybridized carbons (Fsp3) is 0.571. The average Bonchev–Trinajstić information content (AvgIpc) is 2.27. The van der Waals surface area contributed by atoms with Crippen LogP contribution in [0, 0.1) is 0 Å². The van der Waals surface area contributed by atoms with Gasteiger partial charge in [-0.25, -0.2) is 0 Å². The van der Waals surface area contributed by atoms with E-state index in [-0.39, 0.29) is 5.54 Å². The summed E-state index contributed by atoms with van der Waals surface area (Å²) in [5.41, 5.74) is 1.60. The summed E-state index contributed by atoms with van der Waals surface area (Å²) < 4.78 is 0. The normalized spacial score (nSPS) is 15.3. The molecule has 84 valence electrons. The Balaban J connectivity index is 2.91. The Morgan fingerprint density at radius 3 is 2.20 bits per heavy atom. The van der Waals surface area contributed by atoms with E-state index in [0.29, 0.717) is 0 Å². The van der Waals surface area contributed by atoms with Gasteiger partial charge in [-0.1, -0.05) is 50.1 Å². The first kappa shape index (κ1) is 12.3. The van der Waals surface area contributed by atoms with Crippen molar-refractivity contribution in [1.82, 2.24) is 4.90 Å². The van der Waals surface area contributed by atoms with Crippen molar-refractivity contribution in [3.63, 3.8) is 0 Å². The number of hydrogen-bond acceptors (Lipinski definition) is 1. The van der Waals surface area contributed by atoms with E-state index in [1.165, 1.54) is 24.8 Å². The molecule has 0 aliphatic heterocycles. The third kappa shape index (κ3) is 2.82. The number of unbranched alkanes of at least 4 members (excludes halogenated alkanes) is 1. The lowest BCUT2D eigenvalue weighted by Gasteiger charge is -2.37. The molecule has 1 nitrogen and oxygen atoms in total. The van der Waals surface area contributed by atoms with Crippen LogP contribution in [-0.4, -0.2) is 19.0 Å². The molecule has 1 aromatic rings. The van der Waals surface area contributed by atoms with E-state index < -0.39 is 0 Å². The zero-order valence-electron chi connectivity index (χ0n) is 10.5. The molecule has 0 bridgehead atoms. The smallest absolute Gasteiger partial charge is 0.0426 e. The Morgan fingerprint density at radius 2 is 1.73 bits per heavy atom. The van der Waals surface area contributed by atoms with Crippen LogP contribution in [0.3, 0.4) is 0 Å². The minimum absolute atomic E-state index is 0.178. The fourth-order valence-electron chi connectivity index (χ4n) is 1.94. The van der Waals surface area contributed by atoms with E-state index in [4.69, 9.17) is 0 Å². The Morgan fingerprint density at radius 1 is 1.13 bits per heavy atom. The highest BCUT2D eigenvalue weighted by Crippen LogP contribution is 2.31. The van der Waals surface area contributed by atoms with Crippen LogP contribution in [0.4, 0.5) is 0 Å². The van der Waals surface area contributed by atoms with E-state index in [2.05, 4.69) is 63.2 Å². The summed E-state index contributed by atoms with van der Waals surface area (Å²) in [7, 11) is 4.34. The van der Waals surface area contributed by atoms with Gasteiger partial charge in [0, 0.05) is 5.54 Å². The first-order valence-corrected chi connectivity index (χ1v) is 5.84. The monoisotopic (exact) mass is 205 g/mol. The molecule has 1 atom stereocenters. The van der Waals surface area contributed by atoms with E-state index in [1.807, 2.05) is 0 Å². The predicted molar refractivity (Wildman–Crippen MR) is 67.0 cm³/mol. The summed E-state index contributed by atoms with van der Waals surface area (Å²) in [5.74, 6) is 0. The number of hydrogen-bond donors (Lipinski definition) is 0. The van der Waals surface area contributed by atoms with Gasteiger partial charge in [0.05, 0.1) is 0 Å². The summed E-state index contributed by atoms with van der Waals surface area (Å²) in [6, 6.07) is 10.8. The van der Waals surface area contributed by atoms with E-state index in [1.54, 1.807) is 0 Å². The molecule has 0 radical (unpaired) electrons. The maximum atomic E-state index is 2.33. The van der Waals surface area contributed by atoms with Crippen molar-refractivity contribution in [3.8, 4) is 0 Å². The third-order valence-corrected chi connectivity index (χ3v) is 3.40. The first-order valence-electron chi connectivity index (χ1n) is 5.84. The molecule has 1 rings (SSSR count). The molecular weight excluding hydrogens is 182 g/mol. The maximum absolute atomic E-state index is 2.33. The first-order chi connectivity index (χ1) is 7.11. The SMILES string of the molecule is CCCCC(C)(c1ccccc1)N(C)C. The van der Waals surface area contributed by atoms with Crippen molar-refractivity contribution in [3.05, 3.63) is 35.9 Å². The molecule has 0 N–H and O–H groups in total. The van der Waals surface area contributed by atoms with Gasteiger partial charge in [0.1, 0.15) is 0 Å². The molecule has 1 aromatic carbocycles. The van der Waals surface area contributed by atoms with Crippen LogP contribution in [0.25, 0.3) is 0 Å². The quantitative estimate of drug-likeness (QED) is 0.709. The van der Waals surface area contributed by atoms with E-state index in [9.17, 15) is 0 Å². The van der Waals surface area contributed by atoms with E-state index >= 15 is 0 Å². The Bertz CT molecular complexity index is 279. The van der Waals surface area contributed by atoms with Crippen LogP contribution in [0.5, 0.6) is 0 Å². The molecular formula is C14H23N. The van der Waals surface area contributed by atoms with Crippen LogP contribution in [0.1, 0.15) is 38.7 Å². The summed E-state index contributed by atoms with van der Waals surface area (Å²) >= 11 is 0. The topological polar surface area (TPSA) is 3.24 Å².